The van der Waals surface area contributed by atoms with Gasteiger partial charge in [-0.25, -0.2) is 0 Å². The summed E-state index contributed by atoms with van der Waals surface area (Å²) in [7, 11) is 3.84. The number of hydrogen-bond acceptors (Lipinski definition) is 3. The predicted octanol–water partition coefficient (Wildman–Crippen LogP) is 2.98. The average Bonchev–Trinajstić information content (AvgIpc) is 2.31. The van der Waals surface area contributed by atoms with Crippen LogP contribution >= 0.6 is 12.6 Å². The molecule has 1 aromatic carbocycles. The molecule has 0 aliphatic carbocycles. The molecule has 0 saturated heterocycles. The summed E-state index contributed by atoms with van der Waals surface area (Å²) >= 11 is 4.27. The summed E-state index contributed by atoms with van der Waals surface area (Å²) in [4.78, 5) is 2.19. The summed E-state index contributed by atoms with van der Waals surface area (Å²) in [6, 6.07) is 2.24. The van der Waals surface area contributed by atoms with E-state index in [4.69, 9.17) is 4.74 Å². The molecule has 0 saturated carbocycles. The van der Waals surface area contributed by atoms with Crippen LogP contribution in [0.3, 0.4) is 0 Å². The summed E-state index contributed by atoms with van der Waals surface area (Å²) in [5.74, 6) is 1.83. The molecule has 0 amide bonds. The Kier molecular flexibility index (Phi) is 5.34. The Hall–Kier alpha value is -0.670. The molecule has 2 nitrogen and oxygen atoms in total. The van der Waals surface area contributed by atoms with Crippen LogP contribution in [-0.2, 0) is 6.42 Å². The number of ether oxygens (including phenoxy) is 1. The van der Waals surface area contributed by atoms with Crippen LogP contribution in [0.1, 0.15) is 22.3 Å². The second-order valence-electron chi connectivity index (χ2n) is 4.62. The summed E-state index contributed by atoms with van der Waals surface area (Å²) in [6.45, 7) is 7.42. The second kappa shape index (κ2) is 6.31. The van der Waals surface area contributed by atoms with Gasteiger partial charge in [0, 0.05) is 12.4 Å². The average molecular weight is 253 g/mol. The molecule has 0 aliphatic heterocycles. The van der Waals surface area contributed by atoms with Crippen molar-refractivity contribution in [2.24, 2.45) is 0 Å². The molecular formula is C14H23NOS. The molecule has 0 N–H and O–H groups in total. The first-order valence-electron chi connectivity index (χ1n) is 5.94. The zero-order chi connectivity index (χ0) is 13.0. The van der Waals surface area contributed by atoms with E-state index in [1.807, 2.05) is 0 Å². The van der Waals surface area contributed by atoms with E-state index in [0.29, 0.717) is 0 Å². The Bertz CT molecular complexity index is 390. The standard InChI is InChI=1S/C14H23NOS/c1-10-8-11(2)13(6-7-15(4)9-17)14(16-5)12(10)3/h8,17H,6-7,9H2,1-5H3. The van der Waals surface area contributed by atoms with Crippen LogP contribution < -0.4 is 4.74 Å². The number of aryl methyl sites for hydroxylation is 2. The van der Waals surface area contributed by atoms with Gasteiger partial charge >= 0.3 is 0 Å². The van der Waals surface area contributed by atoms with E-state index in [1.54, 1.807) is 7.11 Å². The van der Waals surface area contributed by atoms with E-state index >= 15 is 0 Å². The topological polar surface area (TPSA) is 12.5 Å². The lowest BCUT2D eigenvalue weighted by atomic mass is 9.97. The van der Waals surface area contributed by atoms with Gasteiger partial charge < -0.3 is 4.74 Å². The molecule has 0 spiro atoms. The van der Waals surface area contributed by atoms with Gasteiger partial charge in [-0.3, -0.25) is 4.90 Å². The molecule has 96 valence electrons. The zero-order valence-corrected chi connectivity index (χ0v) is 12.4. The zero-order valence-electron chi connectivity index (χ0n) is 11.5. The number of thiol groups is 1. The monoisotopic (exact) mass is 253 g/mol. The first kappa shape index (κ1) is 14.4. The van der Waals surface area contributed by atoms with Gasteiger partial charge in [0.1, 0.15) is 5.75 Å². The van der Waals surface area contributed by atoms with Crippen LogP contribution in [0.15, 0.2) is 6.07 Å². The van der Waals surface area contributed by atoms with Crippen molar-refractivity contribution in [3.63, 3.8) is 0 Å². The molecule has 17 heavy (non-hydrogen) atoms. The van der Waals surface area contributed by atoms with Gasteiger partial charge in [-0.1, -0.05) is 6.07 Å². The number of likely N-dealkylation sites (N-methyl/N-ethyl adjacent to an activating group) is 1. The van der Waals surface area contributed by atoms with Crippen LogP contribution in [0.2, 0.25) is 0 Å². The molecule has 0 atom stereocenters. The lowest BCUT2D eigenvalue weighted by Crippen LogP contribution is -2.20. The molecular weight excluding hydrogens is 230 g/mol. The molecule has 0 bridgehead atoms. The van der Waals surface area contributed by atoms with Gasteiger partial charge in [0.05, 0.1) is 7.11 Å². The van der Waals surface area contributed by atoms with Crippen molar-refractivity contribution in [3.05, 3.63) is 28.3 Å². The number of rotatable bonds is 5. The van der Waals surface area contributed by atoms with Crippen LogP contribution in [0, 0.1) is 20.8 Å². The van der Waals surface area contributed by atoms with Crippen LogP contribution in [0.5, 0.6) is 5.75 Å². The van der Waals surface area contributed by atoms with E-state index < -0.39 is 0 Å². The molecule has 0 unspecified atom stereocenters. The molecule has 0 aliphatic rings. The van der Waals surface area contributed by atoms with Gasteiger partial charge in [-0.15, -0.1) is 0 Å². The van der Waals surface area contributed by atoms with E-state index in [1.165, 1.54) is 22.3 Å². The first-order valence-corrected chi connectivity index (χ1v) is 6.57. The number of nitrogens with zero attached hydrogens (tertiary/aromatic N) is 1. The summed E-state index contributed by atoms with van der Waals surface area (Å²) in [5, 5.41) is 0. The third kappa shape index (κ3) is 3.39. The van der Waals surface area contributed by atoms with Gasteiger partial charge in [0.2, 0.25) is 0 Å². The summed E-state index contributed by atoms with van der Waals surface area (Å²) in [6.07, 6.45) is 1.01. The van der Waals surface area contributed by atoms with E-state index in [9.17, 15) is 0 Å². The molecule has 1 rings (SSSR count). The van der Waals surface area contributed by atoms with E-state index in [0.717, 1.165) is 24.6 Å². The highest BCUT2D eigenvalue weighted by atomic mass is 32.1. The fourth-order valence-electron chi connectivity index (χ4n) is 2.06. The second-order valence-corrected chi connectivity index (χ2v) is 4.90. The number of methoxy groups -OCH3 is 1. The molecule has 0 radical (unpaired) electrons. The fraction of sp³-hybridized carbons (Fsp3) is 0.571. The van der Waals surface area contributed by atoms with Crippen molar-refractivity contribution in [1.82, 2.24) is 4.90 Å². The normalized spacial score (nSPS) is 11.0. The maximum Gasteiger partial charge on any atom is 0.125 e. The van der Waals surface area contributed by atoms with Crippen LogP contribution in [-0.4, -0.2) is 31.5 Å². The van der Waals surface area contributed by atoms with Gasteiger partial charge in [0.25, 0.3) is 0 Å². The Morgan fingerprint density at radius 1 is 1.24 bits per heavy atom. The Morgan fingerprint density at radius 3 is 2.41 bits per heavy atom. The molecule has 0 fully saturated rings. The molecule has 0 aromatic heterocycles. The summed E-state index contributed by atoms with van der Waals surface area (Å²) < 4.78 is 5.57. The van der Waals surface area contributed by atoms with Gasteiger partial charge in [-0.05, 0) is 56.5 Å². The highest BCUT2D eigenvalue weighted by molar-refractivity contribution is 7.80. The third-order valence-corrected chi connectivity index (χ3v) is 3.79. The van der Waals surface area contributed by atoms with Gasteiger partial charge in [0.15, 0.2) is 0 Å². The first-order chi connectivity index (χ1) is 8.01. The van der Waals surface area contributed by atoms with Crippen molar-refractivity contribution in [2.45, 2.75) is 27.2 Å². The van der Waals surface area contributed by atoms with Crippen molar-refractivity contribution in [1.29, 1.82) is 0 Å². The van der Waals surface area contributed by atoms with Crippen LogP contribution in [0.4, 0.5) is 0 Å². The lowest BCUT2D eigenvalue weighted by molar-refractivity contribution is 0.382. The third-order valence-electron chi connectivity index (χ3n) is 3.30. The van der Waals surface area contributed by atoms with Gasteiger partial charge in [-0.2, -0.15) is 12.6 Å². The minimum atomic E-state index is 0.784. The summed E-state index contributed by atoms with van der Waals surface area (Å²) in [5.41, 5.74) is 5.19. The number of hydrogen-bond donors (Lipinski definition) is 1. The number of benzene rings is 1. The Balaban J connectivity index is 3.01. The molecule has 1 aromatic rings. The highest BCUT2D eigenvalue weighted by Gasteiger charge is 2.12. The molecule has 0 heterocycles. The molecule has 3 heteroatoms. The Labute approximate surface area is 110 Å². The highest BCUT2D eigenvalue weighted by Crippen LogP contribution is 2.29. The SMILES string of the molecule is COc1c(C)c(C)cc(C)c1CCN(C)CS. The lowest BCUT2D eigenvalue weighted by Gasteiger charge is -2.19. The van der Waals surface area contributed by atoms with Crippen molar-refractivity contribution in [2.75, 3.05) is 26.6 Å². The smallest absolute Gasteiger partial charge is 0.125 e. The van der Waals surface area contributed by atoms with Crippen LogP contribution in [0.25, 0.3) is 0 Å². The van der Waals surface area contributed by atoms with E-state index in [-0.39, 0.29) is 0 Å². The minimum absolute atomic E-state index is 0.784. The van der Waals surface area contributed by atoms with Crippen molar-refractivity contribution >= 4 is 12.6 Å². The fourth-order valence-corrected chi connectivity index (χ4v) is 2.21. The van der Waals surface area contributed by atoms with Crippen molar-refractivity contribution in [3.8, 4) is 5.75 Å². The maximum atomic E-state index is 5.57. The maximum absolute atomic E-state index is 5.57. The van der Waals surface area contributed by atoms with E-state index in [2.05, 4.69) is 51.4 Å². The quantitative estimate of drug-likeness (QED) is 0.640. The largest absolute Gasteiger partial charge is 0.496 e. The predicted molar refractivity (Wildman–Crippen MR) is 77.4 cm³/mol. The minimum Gasteiger partial charge on any atom is -0.496 e. The van der Waals surface area contributed by atoms with Crippen molar-refractivity contribution < 1.29 is 4.74 Å². The Morgan fingerprint density at radius 2 is 1.88 bits per heavy atom.